The largest absolute Gasteiger partial charge is 0.368 e. The van der Waals surface area contributed by atoms with Gasteiger partial charge in [-0.3, -0.25) is 4.79 Å². The molecule has 1 heterocycles. The molecule has 2 unspecified atom stereocenters. The van der Waals surface area contributed by atoms with Gasteiger partial charge in [0.25, 0.3) is 0 Å². The standard InChI is InChI=1S/C11H23N3O/c1-9(14-6-4-5-7-14)8-11(2,13-3)10(12)15/h9,13H,4-8H2,1-3H3,(H2,12,15). The van der Waals surface area contributed by atoms with E-state index in [1.165, 1.54) is 12.8 Å². The smallest absolute Gasteiger partial charge is 0.237 e. The highest BCUT2D eigenvalue weighted by Gasteiger charge is 2.33. The van der Waals surface area contributed by atoms with Crippen molar-refractivity contribution in [1.29, 1.82) is 0 Å². The van der Waals surface area contributed by atoms with E-state index in [0.717, 1.165) is 19.5 Å². The zero-order valence-electron chi connectivity index (χ0n) is 10.0. The third-order valence-corrected chi connectivity index (χ3v) is 3.56. The quantitative estimate of drug-likeness (QED) is 0.691. The van der Waals surface area contributed by atoms with E-state index in [1.807, 2.05) is 6.92 Å². The SMILES string of the molecule is CNC(C)(CC(C)N1CCCC1)C(N)=O. The van der Waals surface area contributed by atoms with Crippen LogP contribution in [0.2, 0.25) is 0 Å². The van der Waals surface area contributed by atoms with Crippen molar-refractivity contribution >= 4 is 5.91 Å². The second-order valence-corrected chi connectivity index (χ2v) is 4.74. The predicted octanol–water partition coefficient (Wildman–Crippen LogP) is 0.324. The molecule has 4 nitrogen and oxygen atoms in total. The molecule has 0 spiro atoms. The fourth-order valence-electron chi connectivity index (χ4n) is 2.23. The molecule has 1 rings (SSSR count). The van der Waals surface area contributed by atoms with Gasteiger partial charge >= 0.3 is 0 Å². The molecular weight excluding hydrogens is 190 g/mol. The van der Waals surface area contributed by atoms with Crippen LogP contribution in [0.3, 0.4) is 0 Å². The van der Waals surface area contributed by atoms with Crippen LogP contribution in [0.15, 0.2) is 0 Å². The van der Waals surface area contributed by atoms with Crippen LogP contribution >= 0.6 is 0 Å². The average Bonchev–Trinajstić information content (AvgIpc) is 2.70. The second kappa shape index (κ2) is 4.94. The molecule has 0 saturated carbocycles. The van der Waals surface area contributed by atoms with Crippen molar-refractivity contribution in [2.75, 3.05) is 20.1 Å². The monoisotopic (exact) mass is 213 g/mol. The molecule has 0 aromatic carbocycles. The van der Waals surface area contributed by atoms with Crippen molar-refractivity contribution in [3.8, 4) is 0 Å². The van der Waals surface area contributed by atoms with Crippen molar-refractivity contribution in [2.45, 2.75) is 44.7 Å². The normalized spacial score (nSPS) is 23.7. The molecule has 3 N–H and O–H groups in total. The van der Waals surface area contributed by atoms with Crippen LogP contribution in [0, 0.1) is 0 Å². The molecule has 0 bridgehead atoms. The lowest BCUT2D eigenvalue weighted by atomic mass is 9.92. The van der Waals surface area contributed by atoms with Crippen molar-refractivity contribution in [3.63, 3.8) is 0 Å². The Morgan fingerprint density at radius 3 is 2.47 bits per heavy atom. The number of primary amides is 1. The first-order chi connectivity index (χ1) is 6.99. The maximum absolute atomic E-state index is 11.3. The molecule has 0 radical (unpaired) electrons. The Kier molecular flexibility index (Phi) is 4.11. The summed E-state index contributed by atoms with van der Waals surface area (Å²) in [5, 5.41) is 3.03. The fraction of sp³-hybridized carbons (Fsp3) is 0.909. The summed E-state index contributed by atoms with van der Waals surface area (Å²) in [7, 11) is 1.79. The van der Waals surface area contributed by atoms with Gasteiger partial charge in [0.15, 0.2) is 0 Å². The van der Waals surface area contributed by atoms with Crippen LogP contribution in [0.25, 0.3) is 0 Å². The first-order valence-electron chi connectivity index (χ1n) is 5.72. The summed E-state index contributed by atoms with van der Waals surface area (Å²) in [6.07, 6.45) is 3.33. The summed E-state index contributed by atoms with van der Waals surface area (Å²) in [6, 6.07) is 0.414. The van der Waals surface area contributed by atoms with Gasteiger partial charge in [-0.25, -0.2) is 0 Å². The first kappa shape index (κ1) is 12.5. The van der Waals surface area contributed by atoms with Gasteiger partial charge in [0.2, 0.25) is 5.91 Å². The molecule has 88 valence electrons. The van der Waals surface area contributed by atoms with Crippen LogP contribution in [0.1, 0.15) is 33.1 Å². The van der Waals surface area contributed by atoms with Crippen molar-refractivity contribution in [2.24, 2.45) is 5.73 Å². The maximum Gasteiger partial charge on any atom is 0.237 e. The van der Waals surface area contributed by atoms with Gasteiger partial charge in [-0.15, -0.1) is 0 Å². The number of likely N-dealkylation sites (N-methyl/N-ethyl adjacent to an activating group) is 1. The molecule has 15 heavy (non-hydrogen) atoms. The van der Waals surface area contributed by atoms with E-state index in [-0.39, 0.29) is 5.91 Å². The molecule has 1 amide bonds. The number of hydrogen-bond acceptors (Lipinski definition) is 3. The predicted molar refractivity (Wildman–Crippen MR) is 61.5 cm³/mol. The lowest BCUT2D eigenvalue weighted by molar-refractivity contribution is -0.124. The van der Waals surface area contributed by atoms with Gasteiger partial charge in [-0.2, -0.15) is 0 Å². The van der Waals surface area contributed by atoms with Crippen LogP contribution in [0.4, 0.5) is 0 Å². The molecule has 0 aromatic heterocycles. The lowest BCUT2D eigenvalue weighted by Crippen LogP contribution is -2.54. The number of nitrogens with two attached hydrogens (primary N) is 1. The minimum absolute atomic E-state index is 0.268. The molecule has 1 fully saturated rings. The third kappa shape index (κ3) is 2.92. The van der Waals surface area contributed by atoms with Crippen LogP contribution in [-0.4, -0.2) is 42.5 Å². The van der Waals surface area contributed by atoms with E-state index in [1.54, 1.807) is 7.05 Å². The van der Waals surface area contributed by atoms with E-state index in [0.29, 0.717) is 6.04 Å². The van der Waals surface area contributed by atoms with E-state index in [4.69, 9.17) is 5.73 Å². The van der Waals surface area contributed by atoms with Crippen LogP contribution in [0.5, 0.6) is 0 Å². The topological polar surface area (TPSA) is 58.4 Å². The highest BCUT2D eigenvalue weighted by Crippen LogP contribution is 2.19. The minimum Gasteiger partial charge on any atom is -0.368 e. The number of likely N-dealkylation sites (tertiary alicyclic amines) is 1. The lowest BCUT2D eigenvalue weighted by Gasteiger charge is -2.33. The molecule has 0 aromatic rings. The number of nitrogens with one attached hydrogen (secondary N) is 1. The molecule has 0 aliphatic carbocycles. The van der Waals surface area contributed by atoms with E-state index in [2.05, 4.69) is 17.1 Å². The summed E-state index contributed by atoms with van der Waals surface area (Å²) in [6.45, 7) is 6.35. The number of rotatable bonds is 5. The number of nitrogens with zero attached hydrogens (tertiary/aromatic N) is 1. The van der Waals surface area contributed by atoms with E-state index in [9.17, 15) is 4.79 Å². The summed E-state index contributed by atoms with van der Waals surface area (Å²) < 4.78 is 0. The molecule has 1 saturated heterocycles. The van der Waals surface area contributed by atoms with Crippen molar-refractivity contribution in [3.05, 3.63) is 0 Å². The first-order valence-corrected chi connectivity index (χ1v) is 5.72. The Balaban J connectivity index is 2.54. The fourth-order valence-corrected chi connectivity index (χ4v) is 2.23. The van der Waals surface area contributed by atoms with Gasteiger partial charge < -0.3 is 16.0 Å². The molecule has 4 heteroatoms. The van der Waals surface area contributed by atoms with Crippen molar-refractivity contribution < 1.29 is 4.79 Å². The average molecular weight is 213 g/mol. The second-order valence-electron chi connectivity index (χ2n) is 4.74. The Labute approximate surface area is 92.2 Å². The Morgan fingerprint density at radius 1 is 1.53 bits per heavy atom. The molecule has 1 aliphatic heterocycles. The maximum atomic E-state index is 11.3. The zero-order chi connectivity index (χ0) is 11.5. The Bertz CT molecular complexity index is 226. The number of hydrogen-bond donors (Lipinski definition) is 2. The zero-order valence-corrected chi connectivity index (χ0v) is 10.0. The van der Waals surface area contributed by atoms with Gasteiger partial charge in [-0.1, -0.05) is 0 Å². The highest BCUT2D eigenvalue weighted by molar-refractivity contribution is 5.84. The van der Waals surface area contributed by atoms with Crippen molar-refractivity contribution in [1.82, 2.24) is 10.2 Å². The molecule has 1 aliphatic rings. The van der Waals surface area contributed by atoms with Crippen LogP contribution < -0.4 is 11.1 Å². The molecular formula is C11H23N3O. The third-order valence-electron chi connectivity index (χ3n) is 3.56. The molecule has 2 atom stereocenters. The van der Waals surface area contributed by atoms with Gasteiger partial charge in [-0.05, 0) is 53.2 Å². The summed E-state index contributed by atoms with van der Waals surface area (Å²) in [5.41, 5.74) is 4.83. The highest BCUT2D eigenvalue weighted by atomic mass is 16.1. The van der Waals surface area contributed by atoms with Gasteiger partial charge in [0.05, 0.1) is 5.54 Å². The Morgan fingerprint density at radius 2 is 2.07 bits per heavy atom. The number of carbonyl (C=O) groups excluding carboxylic acids is 1. The van der Waals surface area contributed by atoms with Gasteiger partial charge in [0.1, 0.15) is 0 Å². The van der Waals surface area contributed by atoms with Crippen LogP contribution in [-0.2, 0) is 4.79 Å². The summed E-state index contributed by atoms with van der Waals surface area (Å²) >= 11 is 0. The van der Waals surface area contributed by atoms with Gasteiger partial charge in [0, 0.05) is 6.04 Å². The number of carbonyl (C=O) groups is 1. The minimum atomic E-state index is -0.581. The summed E-state index contributed by atoms with van der Waals surface area (Å²) in [5.74, 6) is -0.268. The number of amides is 1. The van der Waals surface area contributed by atoms with E-state index >= 15 is 0 Å². The van der Waals surface area contributed by atoms with E-state index < -0.39 is 5.54 Å². The Hall–Kier alpha value is -0.610. The summed E-state index contributed by atoms with van der Waals surface area (Å²) in [4.78, 5) is 13.8.